The lowest BCUT2D eigenvalue weighted by atomic mass is 10.0. The molecule has 1 aliphatic carbocycles. The number of nitrogens with two attached hydrogens (primary N) is 1. The predicted octanol–water partition coefficient (Wildman–Crippen LogP) is 1.35. The summed E-state index contributed by atoms with van der Waals surface area (Å²) in [6.45, 7) is 4.40. The highest BCUT2D eigenvalue weighted by molar-refractivity contribution is 5.76. The second-order valence-corrected chi connectivity index (χ2v) is 5.48. The summed E-state index contributed by atoms with van der Waals surface area (Å²) >= 11 is 0. The van der Waals surface area contributed by atoms with Crippen LogP contribution in [0.1, 0.15) is 45.4 Å². The van der Waals surface area contributed by atoms with E-state index >= 15 is 0 Å². The van der Waals surface area contributed by atoms with Gasteiger partial charge in [0.1, 0.15) is 0 Å². The molecule has 0 aromatic rings. The van der Waals surface area contributed by atoms with Gasteiger partial charge in [0.05, 0.1) is 0 Å². The number of nitrogens with zero attached hydrogens (tertiary/aromatic N) is 1. The van der Waals surface area contributed by atoms with E-state index in [1.54, 1.807) is 0 Å². The molecule has 1 amide bonds. The van der Waals surface area contributed by atoms with Crippen LogP contribution in [0.3, 0.4) is 0 Å². The third kappa shape index (κ3) is 5.36. The van der Waals surface area contributed by atoms with Gasteiger partial charge in [-0.15, -0.1) is 0 Å². The molecule has 0 radical (unpaired) electrons. The lowest BCUT2D eigenvalue weighted by molar-refractivity contribution is -0.122. The quantitative estimate of drug-likeness (QED) is 0.688. The Morgan fingerprint density at radius 1 is 1.44 bits per heavy atom. The summed E-state index contributed by atoms with van der Waals surface area (Å²) in [7, 11) is 2.16. The fourth-order valence-corrected chi connectivity index (χ4v) is 2.63. The molecule has 3 N–H and O–H groups in total. The Labute approximate surface area is 111 Å². The number of rotatable bonds is 8. The molecule has 0 saturated heterocycles. The van der Waals surface area contributed by atoms with E-state index in [1.165, 1.54) is 25.7 Å². The molecule has 106 valence electrons. The molecule has 18 heavy (non-hydrogen) atoms. The molecule has 1 aliphatic rings. The van der Waals surface area contributed by atoms with E-state index in [1.807, 2.05) is 0 Å². The zero-order valence-corrected chi connectivity index (χ0v) is 12.0. The van der Waals surface area contributed by atoms with Crippen LogP contribution in [0.4, 0.5) is 0 Å². The normalized spacial score (nSPS) is 18.2. The Hall–Kier alpha value is -0.610. The second kappa shape index (κ2) is 8.48. The molecule has 1 rings (SSSR count). The van der Waals surface area contributed by atoms with E-state index in [9.17, 15) is 4.79 Å². The van der Waals surface area contributed by atoms with Crippen LogP contribution in [0.2, 0.25) is 0 Å². The SMILES string of the molecule is CCC(CN)CC(=O)NCCN(C)C1CCCC1. The van der Waals surface area contributed by atoms with Crippen molar-refractivity contribution in [3.63, 3.8) is 0 Å². The fourth-order valence-electron chi connectivity index (χ4n) is 2.63. The van der Waals surface area contributed by atoms with Crippen molar-refractivity contribution >= 4 is 5.91 Å². The maximum absolute atomic E-state index is 11.7. The summed E-state index contributed by atoms with van der Waals surface area (Å²) in [4.78, 5) is 14.1. The third-order valence-corrected chi connectivity index (χ3v) is 4.12. The number of hydrogen-bond acceptors (Lipinski definition) is 3. The van der Waals surface area contributed by atoms with Crippen LogP contribution in [-0.2, 0) is 4.79 Å². The van der Waals surface area contributed by atoms with Crippen LogP contribution in [0.5, 0.6) is 0 Å². The van der Waals surface area contributed by atoms with Gasteiger partial charge in [-0.25, -0.2) is 0 Å². The van der Waals surface area contributed by atoms with Crippen molar-refractivity contribution in [2.45, 2.75) is 51.5 Å². The Balaban J connectivity index is 2.10. The van der Waals surface area contributed by atoms with Gasteiger partial charge in [-0.2, -0.15) is 0 Å². The van der Waals surface area contributed by atoms with Crippen molar-refractivity contribution in [3.8, 4) is 0 Å². The largest absolute Gasteiger partial charge is 0.355 e. The zero-order valence-electron chi connectivity index (χ0n) is 12.0. The monoisotopic (exact) mass is 255 g/mol. The fraction of sp³-hybridized carbons (Fsp3) is 0.929. The third-order valence-electron chi connectivity index (χ3n) is 4.12. The summed E-state index contributed by atoms with van der Waals surface area (Å²) in [6.07, 6.45) is 6.89. The van der Waals surface area contributed by atoms with Gasteiger partial charge in [-0.1, -0.05) is 26.2 Å². The van der Waals surface area contributed by atoms with Gasteiger partial charge < -0.3 is 16.0 Å². The maximum atomic E-state index is 11.7. The summed E-state index contributed by atoms with van der Waals surface area (Å²) in [5.41, 5.74) is 5.60. The van der Waals surface area contributed by atoms with Gasteiger partial charge in [0.25, 0.3) is 0 Å². The average molecular weight is 255 g/mol. The molecule has 1 atom stereocenters. The molecular weight excluding hydrogens is 226 g/mol. The average Bonchev–Trinajstić information content (AvgIpc) is 2.89. The van der Waals surface area contributed by atoms with Crippen LogP contribution in [0.15, 0.2) is 0 Å². The van der Waals surface area contributed by atoms with E-state index in [2.05, 4.69) is 24.2 Å². The molecule has 0 aromatic carbocycles. The Morgan fingerprint density at radius 2 is 2.11 bits per heavy atom. The Kier molecular flexibility index (Phi) is 7.28. The lowest BCUT2D eigenvalue weighted by Crippen LogP contribution is -2.38. The highest BCUT2D eigenvalue weighted by Crippen LogP contribution is 2.21. The van der Waals surface area contributed by atoms with Crippen LogP contribution < -0.4 is 11.1 Å². The zero-order chi connectivity index (χ0) is 13.4. The van der Waals surface area contributed by atoms with Crippen LogP contribution in [0.25, 0.3) is 0 Å². The number of carbonyl (C=O) groups excluding carboxylic acids is 1. The van der Waals surface area contributed by atoms with Crippen molar-refractivity contribution in [3.05, 3.63) is 0 Å². The Morgan fingerprint density at radius 3 is 2.67 bits per heavy atom. The number of amides is 1. The number of nitrogens with one attached hydrogen (secondary N) is 1. The van der Waals surface area contributed by atoms with E-state index in [4.69, 9.17) is 5.73 Å². The number of carbonyl (C=O) groups is 1. The van der Waals surface area contributed by atoms with Gasteiger partial charge in [0.15, 0.2) is 0 Å². The van der Waals surface area contributed by atoms with Crippen LogP contribution in [0, 0.1) is 5.92 Å². The van der Waals surface area contributed by atoms with Crippen LogP contribution in [-0.4, -0.2) is 43.5 Å². The first-order valence-electron chi connectivity index (χ1n) is 7.34. The second-order valence-electron chi connectivity index (χ2n) is 5.48. The van der Waals surface area contributed by atoms with Crippen LogP contribution >= 0.6 is 0 Å². The van der Waals surface area contributed by atoms with Gasteiger partial charge in [0, 0.05) is 25.6 Å². The predicted molar refractivity (Wildman–Crippen MR) is 75.3 cm³/mol. The van der Waals surface area contributed by atoms with E-state index < -0.39 is 0 Å². The minimum absolute atomic E-state index is 0.145. The molecule has 4 heteroatoms. The first-order valence-corrected chi connectivity index (χ1v) is 7.34. The summed E-state index contributed by atoms with van der Waals surface area (Å²) in [5, 5.41) is 3.00. The van der Waals surface area contributed by atoms with Crippen molar-refractivity contribution in [2.24, 2.45) is 11.7 Å². The molecule has 4 nitrogen and oxygen atoms in total. The lowest BCUT2D eigenvalue weighted by Gasteiger charge is -2.24. The van der Waals surface area contributed by atoms with Gasteiger partial charge in [0.2, 0.25) is 5.91 Å². The first kappa shape index (κ1) is 15.4. The van der Waals surface area contributed by atoms with E-state index in [0.717, 1.165) is 25.6 Å². The van der Waals surface area contributed by atoms with Crippen molar-refractivity contribution < 1.29 is 4.79 Å². The van der Waals surface area contributed by atoms with Crippen molar-refractivity contribution in [2.75, 3.05) is 26.7 Å². The summed E-state index contributed by atoms with van der Waals surface area (Å²) < 4.78 is 0. The highest BCUT2D eigenvalue weighted by atomic mass is 16.1. The molecule has 0 aliphatic heterocycles. The van der Waals surface area contributed by atoms with Crippen molar-refractivity contribution in [1.29, 1.82) is 0 Å². The van der Waals surface area contributed by atoms with Gasteiger partial charge >= 0.3 is 0 Å². The summed E-state index contributed by atoms with van der Waals surface area (Å²) in [6, 6.07) is 0.731. The molecule has 0 aromatic heterocycles. The topological polar surface area (TPSA) is 58.4 Å². The van der Waals surface area contributed by atoms with E-state index in [0.29, 0.717) is 18.9 Å². The minimum Gasteiger partial charge on any atom is -0.355 e. The van der Waals surface area contributed by atoms with E-state index in [-0.39, 0.29) is 5.91 Å². The minimum atomic E-state index is 0.145. The molecule has 1 unspecified atom stereocenters. The number of likely N-dealkylation sites (N-methyl/N-ethyl adjacent to an activating group) is 1. The molecular formula is C14H29N3O. The van der Waals surface area contributed by atoms with Gasteiger partial charge in [-0.05, 0) is 32.4 Å². The molecule has 1 fully saturated rings. The molecule has 1 saturated carbocycles. The Bertz CT molecular complexity index is 235. The standard InChI is InChI=1S/C14H29N3O/c1-3-12(11-15)10-14(18)16-8-9-17(2)13-6-4-5-7-13/h12-13H,3-11,15H2,1-2H3,(H,16,18). The smallest absolute Gasteiger partial charge is 0.220 e. The molecule has 0 spiro atoms. The van der Waals surface area contributed by atoms with Gasteiger partial charge in [-0.3, -0.25) is 4.79 Å². The highest BCUT2D eigenvalue weighted by Gasteiger charge is 2.19. The molecule has 0 heterocycles. The maximum Gasteiger partial charge on any atom is 0.220 e. The molecule has 0 bridgehead atoms. The van der Waals surface area contributed by atoms with Crippen molar-refractivity contribution in [1.82, 2.24) is 10.2 Å². The number of hydrogen-bond donors (Lipinski definition) is 2. The summed E-state index contributed by atoms with van der Waals surface area (Å²) in [5.74, 6) is 0.477. The first-order chi connectivity index (χ1) is 8.67.